The van der Waals surface area contributed by atoms with E-state index in [1.165, 1.54) is 4.90 Å². The highest BCUT2D eigenvalue weighted by atomic mass is 35.5. The molecule has 0 aliphatic carbocycles. The lowest BCUT2D eigenvalue weighted by Gasteiger charge is -2.15. The molecule has 2 amide bonds. The molecule has 3 aromatic carbocycles. The van der Waals surface area contributed by atoms with E-state index in [-0.39, 0.29) is 24.1 Å². The molecule has 4 nitrogen and oxygen atoms in total. The maximum atomic E-state index is 13.3. The molecular formula is C25H21ClN2O2. The molecule has 150 valence electrons. The number of rotatable bonds is 5. The third-order valence-corrected chi connectivity index (χ3v) is 5.54. The zero-order valence-corrected chi connectivity index (χ0v) is 17.5. The monoisotopic (exact) mass is 416 g/mol. The van der Waals surface area contributed by atoms with Gasteiger partial charge in [0.1, 0.15) is 5.70 Å². The first kappa shape index (κ1) is 19.9. The fourth-order valence-corrected chi connectivity index (χ4v) is 3.58. The Morgan fingerprint density at radius 1 is 0.867 bits per heavy atom. The van der Waals surface area contributed by atoms with Gasteiger partial charge in [-0.2, -0.15) is 0 Å². The van der Waals surface area contributed by atoms with Crippen LogP contribution >= 0.6 is 11.6 Å². The molecule has 30 heavy (non-hydrogen) atoms. The van der Waals surface area contributed by atoms with E-state index < -0.39 is 0 Å². The minimum atomic E-state index is -0.351. The van der Waals surface area contributed by atoms with Crippen molar-refractivity contribution in [1.29, 1.82) is 0 Å². The van der Waals surface area contributed by atoms with Crippen LogP contribution in [0.25, 0.3) is 5.57 Å². The predicted molar refractivity (Wildman–Crippen MR) is 120 cm³/mol. The van der Waals surface area contributed by atoms with E-state index in [0.29, 0.717) is 21.8 Å². The first-order valence-corrected chi connectivity index (χ1v) is 10.1. The Hall–Kier alpha value is -3.37. The summed E-state index contributed by atoms with van der Waals surface area (Å²) in [5, 5.41) is 3.74. The molecule has 0 bridgehead atoms. The highest BCUT2D eigenvalue weighted by molar-refractivity contribution is 6.36. The summed E-state index contributed by atoms with van der Waals surface area (Å²) in [6.45, 7) is 4.13. The topological polar surface area (TPSA) is 49.4 Å². The van der Waals surface area contributed by atoms with Crippen molar-refractivity contribution >= 4 is 34.7 Å². The van der Waals surface area contributed by atoms with Crippen molar-refractivity contribution in [3.63, 3.8) is 0 Å². The molecule has 1 heterocycles. The number of anilines is 1. The van der Waals surface area contributed by atoms with Gasteiger partial charge in [0, 0.05) is 10.7 Å². The molecule has 3 aromatic rings. The van der Waals surface area contributed by atoms with E-state index >= 15 is 0 Å². The molecule has 5 heteroatoms. The van der Waals surface area contributed by atoms with E-state index in [9.17, 15) is 9.59 Å². The van der Waals surface area contributed by atoms with E-state index in [1.54, 1.807) is 6.07 Å². The molecule has 1 aliphatic heterocycles. The Bertz CT molecular complexity index is 1150. The van der Waals surface area contributed by atoms with Crippen LogP contribution in [0.5, 0.6) is 0 Å². The molecule has 0 radical (unpaired) electrons. The van der Waals surface area contributed by atoms with Crippen molar-refractivity contribution < 1.29 is 9.59 Å². The van der Waals surface area contributed by atoms with Gasteiger partial charge in [-0.1, -0.05) is 77.8 Å². The normalized spacial score (nSPS) is 13.9. The number of nitrogens with zero attached hydrogens (tertiary/aromatic N) is 1. The third-order valence-electron chi connectivity index (χ3n) is 5.13. The molecule has 0 unspecified atom stereocenters. The average molecular weight is 417 g/mol. The number of carbonyl (C=O) groups is 2. The van der Waals surface area contributed by atoms with Crippen molar-refractivity contribution in [3.8, 4) is 0 Å². The summed E-state index contributed by atoms with van der Waals surface area (Å²) in [6.07, 6.45) is 0. The number of imide groups is 1. The summed E-state index contributed by atoms with van der Waals surface area (Å²) >= 11 is 6.25. The predicted octanol–water partition coefficient (Wildman–Crippen LogP) is 5.35. The Morgan fingerprint density at radius 3 is 2.23 bits per heavy atom. The van der Waals surface area contributed by atoms with Crippen LogP contribution in [-0.4, -0.2) is 16.7 Å². The van der Waals surface area contributed by atoms with Gasteiger partial charge in [0.05, 0.1) is 12.1 Å². The van der Waals surface area contributed by atoms with Gasteiger partial charge < -0.3 is 5.32 Å². The van der Waals surface area contributed by atoms with E-state index in [2.05, 4.69) is 5.32 Å². The van der Waals surface area contributed by atoms with Crippen LogP contribution in [0.4, 0.5) is 5.69 Å². The van der Waals surface area contributed by atoms with Gasteiger partial charge in [-0.15, -0.1) is 0 Å². The number of hydrogen-bond donors (Lipinski definition) is 1. The van der Waals surface area contributed by atoms with Crippen LogP contribution in [-0.2, 0) is 16.1 Å². The van der Waals surface area contributed by atoms with Crippen molar-refractivity contribution in [2.75, 3.05) is 5.32 Å². The molecule has 0 saturated carbocycles. The Balaban J connectivity index is 1.72. The average Bonchev–Trinajstić information content (AvgIpc) is 2.97. The quantitative estimate of drug-likeness (QED) is 0.570. The van der Waals surface area contributed by atoms with Crippen LogP contribution in [0, 0.1) is 13.8 Å². The zero-order chi connectivity index (χ0) is 21.3. The second-order valence-corrected chi connectivity index (χ2v) is 7.79. The minimum absolute atomic E-state index is 0.216. The fourth-order valence-electron chi connectivity index (χ4n) is 3.40. The smallest absolute Gasteiger partial charge is 0.278 e. The van der Waals surface area contributed by atoms with E-state index in [4.69, 9.17) is 11.6 Å². The number of amides is 2. The van der Waals surface area contributed by atoms with Crippen molar-refractivity contribution in [2.45, 2.75) is 20.4 Å². The summed E-state index contributed by atoms with van der Waals surface area (Å²) in [6, 6.07) is 22.5. The van der Waals surface area contributed by atoms with Crippen molar-refractivity contribution in [1.82, 2.24) is 4.90 Å². The molecule has 0 saturated heterocycles. The van der Waals surface area contributed by atoms with Crippen molar-refractivity contribution in [2.24, 2.45) is 0 Å². The molecule has 0 atom stereocenters. The highest BCUT2D eigenvalue weighted by Gasteiger charge is 2.39. The molecule has 1 N–H and O–H groups in total. The van der Waals surface area contributed by atoms with E-state index in [1.807, 2.05) is 80.6 Å². The summed E-state index contributed by atoms with van der Waals surface area (Å²) in [4.78, 5) is 27.9. The van der Waals surface area contributed by atoms with Crippen LogP contribution in [0.1, 0.15) is 22.3 Å². The van der Waals surface area contributed by atoms with Crippen LogP contribution in [0.15, 0.2) is 78.5 Å². The lowest BCUT2D eigenvalue weighted by Crippen LogP contribution is -2.32. The van der Waals surface area contributed by atoms with Crippen LogP contribution in [0.3, 0.4) is 0 Å². The molecule has 1 aliphatic rings. The van der Waals surface area contributed by atoms with Crippen LogP contribution < -0.4 is 5.32 Å². The maximum absolute atomic E-state index is 13.3. The zero-order valence-electron chi connectivity index (χ0n) is 16.8. The number of benzene rings is 3. The van der Waals surface area contributed by atoms with Gasteiger partial charge in [0.15, 0.2) is 0 Å². The molecule has 0 spiro atoms. The SMILES string of the molecule is Cc1ccc(CN2C(=O)C(Nc3ccc(C)c(Cl)c3)=C(c3ccccc3)C2=O)cc1. The first-order chi connectivity index (χ1) is 14.4. The number of carbonyl (C=O) groups excluding carboxylic acids is 2. The summed E-state index contributed by atoms with van der Waals surface area (Å²) in [5.41, 5.74) is 4.95. The lowest BCUT2D eigenvalue weighted by molar-refractivity contribution is -0.137. The fraction of sp³-hybridized carbons (Fsp3) is 0.120. The van der Waals surface area contributed by atoms with Gasteiger partial charge >= 0.3 is 0 Å². The van der Waals surface area contributed by atoms with Crippen LogP contribution in [0.2, 0.25) is 5.02 Å². The summed E-state index contributed by atoms with van der Waals surface area (Å²) in [5.74, 6) is -0.663. The molecular weight excluding hydrogens is 396 g/mol. The molecule has 0 fully saturated rings. The summed E-state index contributed by atoms with van der Waals surface area (Å²) < 4.78 is 0. The van der Waals surface area contributed by atoms with Gasteiger partial charge in [-0.3, -0.25) is 14.5 Å². The van der Waals surface area contributed by atoms with Crippen molar-refractivity contribution in [3.05, 3.63) is 106 Å². The van der Waals surface area contributed by atoms with Gasteiger partial charge in [0.25, 0.3) is 11.8 Å². The van der Waals surface area contributed by atoms with Gasteiger partial charge in [0.2, 0.25) is 0 Å². The Morgan fingerprint density at radius 2 is 1.57 bits per heavy atom. The van der Waals surface area contributed by atoms with E-state index in [0.717, 1.165) is 16.7 Å². The third kappa shape index (κ3) is 3.87. The molecule has 0 aromatic heterocycles. The second kappa shape index (κ2) is 8.17. The number of hydrogen-bond acceptors (Lipinski definition) is 3. The second-order valence-electron chi connectivity index (χ2n) is 7.39. The summed E-state index contributed by atoms with van der Waals surface area (Å²) in [7, 11) is 0. The number of halogens is 1. The highest BCUT2D eigenvalue weighted by Crippen LogP contribution is 2.32. The first-order valence-electron chi connectivity index (χ1n) is 9.68. The lowest BCUT2D eigenvalue weighted by atomic mass is 10.0. The maximum Gasteiger partial charge on any atom is 0.278 e. The minimum Gasteiger partial charge on any atom is -0.350 e. The molecule has 4 rings (SSSR count). The standard InChI is InChI=1S/C25H21ClN2O2/c1-16-8-11-18(12-9-16)15-28-24(29)22(19-6-4-3-5-7-19)23(25(28)30)27-20-13-10-17(2)21(26)14-20/h3-14,27H,15H2,1-2H3. The number of aryl methyl sites for hydroxylation is 2. The van der Waals surface area contributed by atoms with Gasteiger partial charge in [-0.05, 0) is 42.7 Å². The number of nitrogens with one attached hydrogen (secondary N) is 1. The Labute approximate surface area is 180 Å². The largest absolute Gasteiger partial charge is 0.350 e. The Kier molecular flexibility index (Phi) is 5.42. The van der Waals surface area contributed by atoms with Gasteiger partial charge in [-0.25, -0.2) is 0 Å².